The number of para-hydroxylation sites is 2. The molecule has 3 aromatic rings. The van der Waals surface area contributed by atoms with Crippen LogP contribution in [0.3, 0.4) is 0 Å². The van der Waals surface area contributed by atoms with E-state index in [4.69, 9.17) is 11.6 Å². The van der Waals surface area contributed by atoms with Crippen molar-refractivity contribution in [3.63, 3.8) is 0 Å². The highest BCUT2D eigenvalue weighted by Gasteiger charge is 2.29. The number of hydrogen-bond donors (Lipinski definition) is 2. The van der Waals surface area contributed by atoms with Gasteiger partial charge in [-0.25, -0.2) is 4.79 Å². The summed E-state index contributed by atoms with van der Waals surface area (Å²) >= 11 is 6.14. The average molecular weight is 410 g/mol. The maximum absolute atomic E-state index is 12.8. The predicted molar refractivity (Wildman–Crippen MR) is 112 cm³/mol. The number of urea groups is 1. The first-order valence-electron chi connectivity index (χ1n) is 9.24. The summed E-state index contributed by atoms with van der Waals surface area (Å²) < 4.78 is 1.72. The molecule has 148 valence electrons. The zero-order valence-corrected chi connectivity index (χ0v) is 16.6. The zero-order chi connectivity index (χ0) is 20.4. The lowest BCUT2D eigenvalue weighted by Gasteiger charge is -2.28. The summed E-state index contributed by atoms with van der Waals surface area (Å²) in [6.07, 6.45) is 0.618. The molecular weight excluding hydrogens is 390 g/mol. The van der Waals surface area contributed by atoms with Gasteiger partial charge in [-0.1, -0.05) is 41.9 Å². The molecule has 0 atom stereocenters. The Labute approximate surface area is 173 Å². The number of benzene rings is 2. The Kier molecular flexibility index (Phi) is 5.22. The molecular formula is C21H20ClN5O2. The number of nitrogens with zero attached hydrogens (tertiary/aromatic N) is 3. The molecule has 0 bridgehead atoms. The van der Waals surface area contributed by atoms with Gasteiger partial charge in [-0.05, 0) is 24.3 Å². The fourth-order valence-corrected chi connectivity index (χ4v) is 3.60. The Morgan fingerprint density at radius 2 is 1.76 bits per heavy atom. The van der Waals surface area contributed by atoms with E-state index in [0.717, 1.165) is 11.3 Å². The highest BCUT2D eigenvalue weighted by atomic mass is 35.5. The normalized spacial score (nSPS) is 13.0. The summed E-state index contributed by atoms with van der Waals surface area (Å²) in [4.78, 5) is 27.2. The van der Waals surface area contributed by atoms with Crippen LogP contribution < -0.4 is 10.6 Å². The van der Waals surface area contributed by atoms with Gasteiger partial charge in [0.2, 0.25) is 0 Å². The summed E-state index contributed by atoms with van der Waals surface area (Å²) in [5.74, 6) is -0.290. The number of nitrogens with one attached hydrogen (secondary N) is 2. The van der Waals surface area contributed by atoms with Crippen LogP contribution in [0.2, 0.25) is 5.02 Å². The Balaban J connectivity index is 1.53. The minimum absolute atomic E-state index is 0.262. The van der Waals surface area contributed by atoms with Crippen LogP contribution in [0.4, 0.5) is 16.2 Å². The topological polar surface area (TPSA) is 79.3 Å². The van der Waals surface area contributed by atoms with Crippen molar-refractivity contribution >= 4 is 34.9 Å². The summed E-state index contributed by atoms with van der Waals surface area (Å²) in [5.41, 5.74) is 3.31. The number of anilines is 2. The van der Waals surface area contributed by atoms with Crippen LogP contribution in [-0.2, 0) is 20.0 Å². The Morgan fingerprint density at radius 1 is 1.03 bits per heavy atom. The van der Waals surface area contributed by atoms with Crippen molar-refractivity contribution in [2.75, 3.05) is 17.2 Å². The van der Waals surface area contributed by atoms with E-state index in [9.17, 15) is 9.59 Å². The maximum Gasteiger partial charge on any atom is 0.322 e. The van der Waals surface area contributed by atoms with E-state index >= 15 is 0 Å². The number of carbonyl (C=O) groups excluding carboxylic acids is 2. The number of amides is 3. The van der Waals surface area contributed by atoms with Gasteiger partial charge in [-0.3, -0.25) is 9.48 Å². The minimum Gasteiger partial charge on any atom is -0.321 e. The highest BCUT2D eigenvalue weighted by molar-refractivity contribution is 6.33. The standard InChI is InChI=1S/C21H20ClN5O2/c1-26-18-11-12-27(21(29)24-17-10-6-5-9-16(17)22)13-15(18)19(25-26)20(28)23-14-7-3-2-4-8-14/h2-10H,11-13H2,1H3,(H,23,28)(H,24,29). The molecule has 2 aromatic carbocycles. The van der Waals surface area contributed by atoms with E-state index < -0.39 is 0 Å². The van der Waals surface area contributed by atoms with Crippen molar-refractivity contribution in [3.8, 4) is 0 Å². The molecule has 0 saturated carbocycles. The second-order valence-corrected chi connectivity index (χ2v) is 7.21. The third-order valence-electron chi connectivity index (χ3n) is 4.89. The summed E-state index contributed by atoms with van der Waals surface area (Å²) in [7, 11) is 1.82. The Morgan fingerprint density at radius 3 is 2.52 bits per heavy atom. The zero-order valence-electron chi connectivity index (χ0n) is 15.9. The molecule has 1 aliphatic rings. The first-order valence-corrected chi connectivity index (χ1v) is 9.62. The first-order chi connectivity index (χ1) is 14.0. The van der Waals surface area contributed by atoms with Gasteiger partial charge in [0.15, 0.2) is 5.69 Å². The second kappa shape index (κ2) is 7.97. The van der Waals surface area contributed by atoms with Gasteiger partial charge >= 0.3 is 6.03 Å². The maximum atomic E-state index is 12.8. The molecule has 1 aromatic heterocycles. The monoisotopic (exact) mass is 409 g/mol. The first kappa shape index (κ1) is 19.0. The lowest BCUT2D eigenvalue weighted by molar-refractivity contribution is 0.101. The van der Waals surface area contributed by atoms with Crippen LogP contribution >= 0.6 is 11.6 Å². The van der Waals surface area contributed by atoms with Gasteiger partial charge in [0.05, 0.1) is 17.3 Å². The minimum atomic E-state index is -0.290. The number of aryl methyl sites for hydroxylation is 1. The molecule has 29 heavy (non-hydrogen) atoms. The molecule has 3 amide bonds. The largest absolute Gasteiger partial charge is 0.322 e. The molecule has 0 radical (unpaired) electrons. The fourth-order valence-electron chi connectivity index (χ4n) is 3.42. The van der Waals surface area contributed by atoms with Crippen molar-refractivity contribution in [1.29, 1.82) is 0 Å². The third-order valence-corrected chi connectivity index (χ3v) is 5.22. The quantitative estimate of drug-likeness (QED) is 0.688. The molecule has 0 spiro atoms. The molecule has 0 saturated heterocycles. The third kappa shape index (κ3) is 3.95. The van der Waals surface area contributed by atoms with Gasteiger partial charge in [0.25, 0.3) is 5.91 Å². The molecule has 2 N–H and O–H groups in total. The SMILES string of the molecule is Cn1nc(C(=O)Nc2ccccc2)c2c1CCN(C(=O)Nc1ccccc1Cl)C2. The van der Waals surface area contributed by atoms with E-state index in [-0.39, 0.29) is 11.9 Å². The molecule has 0 unspecified atom stereocenters. The number of halogens is 1. The fraction of sp³-hybridized carbons (Fsp3) is 0.190. The number of fused-ring (bicyclic) bond motifs is 1. The lowest BCUT2D eigenvalue weighted by atomic mass is 10.0. The van der Waals surface area contributed by atoms with E-state index in [1.54, 1.807) is 27.8 Å². The highest BCUT2D eigenvalue weighted by Crippen LogP contribution is 2.25. The van der Waals surface area contributed by atoms with Crippen LogP contribution in [-0.4, -0.2) is 33.2 Å². The Hall–Kier alpha value is -3.32. The van der Waals surface area contributed by atoms with E-state index in [1.165, 1.54) is 0 Å². The second-order valence-electron chi connectivity index (χ2n) is 6.80. The number of rotatable bonds is 3. The van der Waals surface area contributed by atoms with Gasteiger partial charge in [0, 0.05) is 37.0 Å². The van der Waals surface area contributed by atoms with Crippen molar-refractivity contribution in [1.82, 2.24) is 14.7 Å². The number of aromatic nitrogens is 2. The van der Waals surface area contributed by atoms with Crippen molar-refractivity contribution in [2.45, 2.75) is 13.0 Å². The van der Waals surface area contributed by atoms with Crippen LogP contribution in [0.15, 0.2) is 54.6 Å². The van der Waals surface area contributed by atoms with Crippen molar-refractivity contribution in [3.05, 3.63) is 76.6 Å². The van der Waals surface area contributed by atoms with Crippen LogP contribution in [0.5, 0.6) is 0 Å². The van der Waals surface area contributed by atoms with Crippen LogP contribution in [0.25, 0.3) is 0 Å². The van der Waals surface area contributed by atoms with Gasteiger partial charge in [0.1, 0.15) is 0 Å². The molecule has 4 rings (SSSR count). The number of hydrogen-bond acceptors (Lipinski definition) is 3. The lowest BCUT2D eigenvalue weighted by Crippen LogP contribution is -2.39. The molecule has 1 aliphatic heterocycles. The van der Waals surface area contributed by atoms with Crippen molar-refractivity contribution < 1.29 is 9.59 Å². The Bertz CT molecular complexity index is 1060. The molecule has 7 nitrogen and oxygen atoms in total. The van der Waals surface area contributed by atoms with Gasteiger partial charge < -0.3 is 15.5 Å². The molecule has 0 aliphatic carbocycles. The summed E-state index contributed by atoms with van der Waals surface area (Å²) in [6, 6.07) is 16.0. The molecule has 2 heterocycles. The predicted octanol–water partition coefficient (Wildman–Crippen LogP) is 3.92. The summed E-state index contributed by atoms with van der Waals surface area (Å²) in [6.45, 7) is 0.833. The van der Waals surface area contributed by atoms with E-state index in [0.29, 0.717) is 41.6 Å². The van der Waals surface area contributed by atoms with Gasteiger partial charge in [-0.15, -0.1) is 0 Å². The van der Waals surface area contributed by atoms with Gasteiger partial charge in [-0.2, -0.15) is 5.10 Å². The molecule has 0 fully saturated rings. The molecule has 8 heteroatoms. The summed E-state index contributed by atoms with van der Waals surface area (Å²) in [5, 5.41) is 10.6. The smallest absolute Gasteiger partial charge is 0.321 e. The number of carbonyl (C=O) groups is 2. The van der Waals surface area contributed by atoms with E-state index in [1.807, 2.05) is 43.4 Å². The van der Waals surface area contributed by atoms with Crippen LogP contribution in [0, 0.1) is 0 Å². The van der Waals surface area contributed by atoms with Crippen molar-refractivity contribution in [2.24, 2.45) is 7.05 Å². The average Bonchev–Trinajstić information content (AvgIpc) is 3.06. The van der Waals surface area contributed by atoms with E-state index in [2.05, 4.69) is 15.7 Å². The van der Waals surface area contributed by atoms with Crippen LogP contribution in [0.1, 0.15) is 21.7 Å².